The van der Waals surface area contributed by atoms with Crippen molar-refractivity contribution in [3.8, 4) is 5.75 Å². The minimum Gasteiger partial charge on any atom is -0.494 e. The van der Waals surface area contributed by atoms with Crippen molar-refractivity contribution in [1.82, 2.24) is 0 Å². The van der Waals surface area contributed by atoms with E-state index in [1.807, 2.05) is 57.2 Å². The van der Waals surface area contributed by atoms with E-state index in [0.29, 0.717) is 0 Å². The molecule has 0 saturated carbocycles. The first-order chi connectivity index (χ1) is 11.0. The fourth-order valence-corrected chi connectivity index (χ4v) is 3.76. The predicted molar refractivity (Wildman–Crippen MR) is 106 cm³/mol. The predicted octanol–water partition coefficient (Wildman–Crippen LogP) is 4.55. The van der Waals surface area contributed by atoms with Crippen LogP contribution in [0.3, 0.4) is 0 Å². The zero-order valence-electron chi connectivity index (χ0n) is 15.4. The molecule has 0 aliphatic carbocycles. The van der Waals surface area contributed by atoms with Crippen LogP contribution in [-0.4, -0.2) is 31.0 Å². The van der Waals surface area contributed by atoms with E-state index in [1.165, 1.54) is 0 Å². The number of ether oxygens (including phenoxy) is 1. The zero-order valence-corrected chi connectivity index (χ0v) is 16.4. The van der Waals surface area contributed by atoms with Gasteiger partial charge in [0, 0.05) is 24.4 Å². The maximum absolute atomic E-state index is 12.7. The van der Waals surface area contributed by atoms with Crippen LogP contribution in [0, 0.1) is 20.8 Å². The van der Waals surface area contributed by atoms with Gasteiger partial charge in [-0.05, 0) is 69.9 Å². The molecule has 1 radical (unpaired) electrons. The Hall–Kier alpha value is -1.06. The molecule has 2 aromatic carbocycles. The van der Waals surface area contributed by atoms with Crippen LogP contribution in [0.2, 0.25) is 0 Å². The quantitative estimate of drug-likeness (QED) is 0.421. The summed E-state index contributed by atoms with van der Waals surface area (Å²) in [4.78, 5) is 12.7. The molecule has 0 aromatic heterocycles. The summed E-state index contributed by atoms with van der Waals surface area (Å²) in [5, 5.41) is 1.10. The van der Waals surface area contributed by atoms with E-state index in [1.54, 1.807) is 0 Å². The minimum absolute atomic E-state index is 0. The van der Waals surface area contributed by atoms with Crippen molar-refractivity contribution in [2.24, 2.45) is 0 Å². The Balaban J connectivity index is 0.00000288. The third kappa shape index (κ3) is 5.49. The van der Waals surface area contributed by atoms with E-state index in [2.05, 4.69) is 6.92 Å². The van der Waals surface area contributed by atoms with Crippen LogP contribution in [0.25, 0.3) is 0 Å². The summed E-state index contributed by atoms with van der Waals surface area (Å²) >= 11 is 0. The molecule has 123 valence electrons. The average molecular weight is 335 g/mol. The molecule has 0 spiro atoms. The van der Waals surface area contributed by atoms with Crippen molar-refractivity contribution < 1.29 is 9.53 Å². The van der Waals surface area contributed by atoms with Crippen molar-refractivity contribution in [2.45, 2.75) is 40.5 Å². The maximum atomic E-state index is 12.7. The Morgan fingerprint density at radius 1 is 1.04 bits per heavy atom. The second kappa shape index (κ2) is 10.0. The van der Waals surface area contributed by atoms with Crippen molar-refractivity contribution in [3.05, 3.63) is 58.7 Å². The van der Waals surface area contributed by atoms with Gasteiger partial charge in [0.15, 0.2) is 5.52 Å². The summed E-state index contributed by atoms with van der Waals surface area (Å²) in [6, 6.07) is 12.0. The molecule has 0 heterocycles. The molecule has 1 atom stereocenters. The van der Waals surface area contributed by atoms with E-state index in [0.717, 1.165) is 52.8 Å². The summed E-state index contributed by atoms with van der Waals surface area (Å²) in [5.41, 5.74) is 4.31. The Bertz CT molecular complexity index is 678. The van der Waals surface area contributed by atoms with Crippen molar-refractivity contribution in [3.63, 3.8) is 0 Å². The molecular formula is C20H25LiO2P. The molecule has 4 heteroatoms. The average Bonchev–Trinajstić information content (AvgIpc) is 2.50. The summed E-state index contributed by atoms with van der Waals surface area (Å²) in [7, 11) is 0.152. The second-order valence-corrected chi connectivity index (χ2v) is 7.14. The molecule has 2 nitrogen and oxygen atoms in total. The minimum atomic E-state index is 0. The van der Waals surface area contributed by atoms with Crippen molar-refractivity contribution >= 4 is 38.3 Å². The zero-order chi connectivity index (χ0) is 16.8. The van der Waals surface area contributed by atoms with Gasteiger partial charge in [0.2, 0.25) is 0 Å². The van der Waals surface area contributed by atoms with Gasteiger partial charge in [-0.15, -0.1) is 0 Å². The third-order valence-corrected chi connectivity index (χ3v) is 5.23. The van der Waals surface area contributed by atoms with Gasteiger partial charge < -0.3 is 4.74 Å². The second-order valence-electron chi connectivity index (χ2n) is 5.90. The van der Waals surface area contributed by atoms with Crippen LogP contribution in [0.5, 0.6) is 5.75 Å². The van der Waals surface area contributed by atoms with Crippen LogP contribution < -0.4 is 10.0 Å². The van der Waals surface area contributed by atoms with E-state index < -0.39 is 0 Å². The van der Waals surface area contributed by atoms with Gasteiger partial charge in [-0.25, -0.2) is 0 Å². The number of hydrogen-bond donors (Lipinski definition) is 0. The van der Waals surface area contributed by atoms with Gasteiger partial charge in [0.25, 0.3) is 0 Å². The van der Waals surface area contributed by atoms with Crippen LogP contribution >= 0.6 is 8.58 Å². The molecular weight excluding hydrogens is 310 g/mol. The van der Waals surface area contributed by atoms with Crippen LogP contribution in [0.15, 0.2) is 36.4 Å². The molecule has 0 amide bonds. The molecule has 0 N–H and O–H groups in total. The standard InChI is InChI=1S/C20H25O2P.Li/c1-5-6-12-22-17-10-11-18(16(4)13-17)23-20(21)19-14(2)8-7-9-15(19)3;/h7-11,13,23H,5-6,12H2,1-4H3;. The first kappa shape index (κ1) is 21.0. The summed E-state index contributed by atoms with van der Waals surface area (Å²) in [6.07, 6.45) is 2.19. The summed E-state index contributed by atoms with van der Waals surface area (Å²) in [6.45, 7) is 8.95. The van der Waals surface area contributed by atoms with Crippen molar-refractivity contribution in [2.75, 3.05) is 6.61 Å². The molecule has 1 unspecified atom stereocenters. The van der Waals surface area contributed by atoms with Crippen LogP contribution in [-0.2, 0) is 0 Å². The molecule has 0 aliphatic rings. The molecule has 2 rings (SSSR count). The fraction of sp³-hybridized carbons (Fsp3) is 0.350. The van der Waals surface area contributed by atoms with E-state index >= 15 is 0 Å². The number of benzene rings is 2. The van der Waals surface area contributed by atoms with E-state index in [-0.39, 0.29) is 33.0 Å². The van der Waals surface area contributed by atoms with E-state index in [4.69, 9.17) is 4.74 Å². The normalized spacial score (nSPS) is 10.7. The monoisotopic (exact) mass is 335 g/mol. The first-order valence-electron chi connectivity index (χ1n) is 8.14. The SMILES string of the molecule is CCCCOc1ccc(PC(=O)c2c(C)cccc2C)c(C)c1.[Li]. The first-order valence-corrected chi connectivity index (χ1v) is 9.14. The number of hydrogen-bond acceptors (Lipinski definition) is 2. The number of rotatable bonds is 7. The number of unbranched alkanes of at least 4 members (excludes halogenated alkanes) is 1. The molecule has 24 heavy (non-hydrogen) atoms. The fourth-order valence-electron chi connectivity index (χ4n) is 2.56. The molecule has 0 saturated heterocycles. The van der Waals surface area contributed by atoms with E-state index in [9.17, 15) is 4.79 Å². The smallest absolute Gasteiger partial charge is 0.186 e. The topological polar surface area (TPSA) is 26.3 Å². The number of carbonyl (C=O) groups excluding carboxylic acids is 1. The summed E-state index contributed by atoms with van der Waals surface area (Å²) in [5.74, 6) is 0.893. The molecule has 2 aromatic rings. The Morgan fingerprint density at radius 3 is 2.29 bits per heavy atom. The summed E-state index contributed by atoms with van der Waals surface area (Å²) < 4.78 is 5.73. The van der Waals surface area contributed by atoms with Gasteiger partial charge in [-0.3, -0.25) is 4.79 Å². The van der Waals surface area contributed by atoms with Crippen molar-refractivity contribution in [1.29, 1.82) is 0 Å². The Labute approximate surface area is 159 Å². The number of carbonyl (C=O) groups is 1. The van der Waals surface area contributed by atoms with Crippen LogP contribution in [0.4, 0.5) is 0 Å². The largest absolute Gasteiger partial charge is 0.494 e. The van der Waals surface area contributed by atoms with Gasteiger partial charge in [0.05, 0.1) is 6.61 Å². The van der Waals surface area contributed by atoms with Gasteiger partial charge in [0.1, 0.15) is 5.75 Å². The molecule has 0 bridgehead atoms. The van der Waals surface area contributed by atoms with Gasteiger partial charge >= 0.3 is 0 Å². The molecule has 0 aliphatic heterocycles. The third-order valence-electron chi connectivity index (χ3n) is 3.92. The number of aryl methyl sites for hydroxylation is 3. The molecule has 0 fully saturated rings. The maximum Gasteiger partial charge on any atom is 0.186 e. The van der Waals surface area contributed by atoms with Gasteiger partial charge in [-0.1, -0.05) is 37.6 Å². The Kier molecular flexibility index (Phi) is 8.78. The van der Waals surface area contributed by atoms with Crippen LogP contribution in [0.1, 0.15) is 46.8 Å². The Morgan fingerprint density at radius 2 is 1.71 bits per heavy atom. The van der Waals surface area contributed by atoms with Gasteiger partial charge in [-0.2, -0.15) is 0 Å².